The number of aliphatic imine (C=N–C) groups is 1. The number of hydrogen-bond acceptors (Lipinski definition) is 24. The highest BCUT2D eigenvalue weighted by Crippen LogP contribution is 2.45. The van der Waals surface area contributed by atoms with E-state index in [1.165, 1.54) is 82.2 Å². The normalized spacial score (nSPS) is 14.7. The van der Waals surface area contributed by atoms with E-state index in [9.17, 15) is 34.4 Å². The van der Waals surface area contributed by atoms with Crippen molar-refractivity contribution in [3.05, 3.63) is 106 Å². The standard InChI is InChI=1S/2C18H18N4O6S4.C13H17NO3S2/c2*1-3-21-13-7-5-11(31-28-27-23)9-15(13)29-17(21)19-20-18-22(4-2)14-8-6-12(32(24,25)26)10-16(14)30-18;1-4-10-11-6-5-9(19(15,16)17)7-12(11)18-13(10)14-8(2)3/h5-10H,3-4H2,1-2H3,(H2,23,24,25,26);5-10,23H,3-4H2,1-2H3,(H,24,25,26);5-8,10H,4H2,1-3H3,(H,15,16,17)/p+2. The lowest BCUT2D eigenvalue weighted by Gasteiger charge is -2.10. The van der Waals surface area contributed by atoms with Crippen molar-refractivity contribution < 1.29 is 77.3 Å². The molecule has 24 nitrogen and oxygen atoms in total. The van der Waals surface area contributed by atoms with Crippen LogP contribution in [-0.2, 0) is 75.3 Å². The van der Waals surface area contributed by atoms with Gasteiger partial charge in [0.25, 0.3) is 30.4 Å². The van der Waals surface area contributed by atoms with Crippen LogP contribution in [0.25, 0.3) is 40.9 Å². The Morgan fingerprint density at radius 3 is 1.51 bits per heavy atom. The van der Waals surface area contributed by atoms with Gasteiger partial charge in [0.15, 0.2) is 0 Å². The summed E-state index contributed by atoms with van der Waals surface area (Å²) in [5, 5.41) is 35.6. The summed E-state index contributed by atoms with van der Waals surface area (Å²) in [6, 6.07) is 25.4. The second-order valence-corrected chi connectivity index (χ2v) is 28.7. The van der Waals surface area contributed by atoms with Crippen LogP contribution in [0.4, 0.5) is 10.3 Å². The van der Waals surface area contributed by atoms with Crippen molar-refractivity contribution in [1.29, 1.82) is 0 Å². The topological polar surface area (TPSA) is 319 Å². The number of nitrogens with zero attached hydrogens (tertiary/aromatic N) is 7. The molecule has 4 aromatic heterocycles. The number of aromatic nitrogens is 4. The van der Waals surface area contributed by atoms with E-state index in [4.69, 9.17) is 15.1 Å². The Balaban J connectivity index is 0.000000169. The monoisotopic (exact) mass is 1330 g/mol. The predicted molar refractivity (Wildman–Crippen MR) is 323 cm³/mol. The Morgan fingerprint density at radius 1 is 0.590 bits per heavy atom. The lowest BCUT2D eigenvalue weighted by molar-refractivity contribution is -0.652. The molecule has 7 N–H and O–H groups in total. The SMILES string of the molecule is CCC1C(=NC(C)C)Sc2cc(S(=O)(=O)O)ccc21.CC[n+]1c(NNc2sc3cc(S(=O)(=O)O)ccc3[n+]2CC)sc2cc(SOOO)ccc21.CCn1c(=NN=c2sc3cc(S(=O)(=O)O)ccc3n2CC)sc2cc(SOOO)ccc21. The fourth-order valence-corrected chi connectivity index (χ4v) is 17.2. The third-order valence-electron chi connectivity index (χ3n) is 12.3. The molecule has 5 heterocycles. The number of thiazole rings is 4. The van der Waals surface area contributed by atoms with Gasteiger partial charge in [-0.05, 0) is 161 Å². The van der Waals surface area contributed by atoms with Crippen molar-refractivity contribution in [1.82, 2.24) is 9.13 Å². The maximum absolute atomic E-state index is 11.5. The van der Waals surface area contributed by atoms with Gasteiger partial charge in [-0.1, -0.05) is 68.4 Å². The quantitative estimate of drug-likeness (QED) is 0.0130. The van der Waals surface area contributed by atoms with Crippen molar-refractivity contribution in [3.63, 3.8) is 0 Å². The highest BCUT2D eigenvalue weighted by atomic mass is 32.2. The van der Waals surface area contributed by atoms with Crippen molar-refractivity contribution in [2.75, 3.05) is 10.9 Å². The molecular weight excluding hydrogens is 1280 g/mol. The molecule has 0 bridgehead atoms. The number of anilines is 2. The molecule has 0 aliphatic carbocycles. The maximum atomic E-state index is 11.5. The summed E-state index contributed by atoms with van der Waals surface area (Å²) in [6.45, 7) is 16.9. The fourth-order valence-electron chi connectivity index (χ4n) is 8.68. The molecule has 1 aliphatic heterocycles. The maximum Gasteiger partial charge on any atom is 0.375 e. The zero-order valence-corrected chi connectivity index (χ0v) is 53.0. The van der Waals surface area contributed by atoms with E-state index in [0.717, 1.165) is 109 Å². The van der Waals surface area contributed by atoms with Crippen LogP contribution in [0, 0.1) is 0 Å². The molecule has 444 valence electrons. The Labute approximate surface area is 504 Å². The molecule has 0 fully saturated rings. The Kier molecular flexibility index (Phi) is 21.3. The van der Waals surface area contributed by atoms with Gasteiger partial charge >= 0.3 is 10.3 Å². The number of thioether (sulfide) groups is 1. The molecule has 10 rings (SSSR count). The summed E-state index contributed by atoms with van der Waals surface area (Å²) in [4.78, 5) is 7.97. The fraction of sp³-hybridized carbons (Fsp3) is 0.286. The Bertz CT molecular complexity index is 4380. The van der Waals surface area contributed by atoms with Gasteiger partial charge in [0, 0.05) is 39.7 Å². The Morgan fingerprint density at radius 2 is 1.02 bits per heavy atom. The van der Waals surface area contributed by atoms with E-state index < -0.39 is 30.4 Å². The average molecular weight is 1330 g/mol. The minimum atomic E-state index is -4.28. The first-order valence-electron chi connectivity index (χ1n) is 24.9. The Hall–Kier alpha value is -4.93. The van der Waals surface area contributed by atoms with Gasteiger partial charge in [-0.3, -0.25) is 18.7 Å². The third-order valence-corrected chi connectivity index (χ3v) is 21.4. The molecule has 9 aromatic rings. The minimum absolute atomic E-state index is 0.0561. The molecule has 0 saturated heterocycles. The summed E-state index contributed by atoms with van der Waals surface area (Å²) in [5.74, 6) is 0.234. The number of benzene rings is 5. The first-order chi connectivity index (χ1) is 39.5. The van der Waals surface area contributed by atoms with Crippen LogP contribution >= 0.6 is 81.2 Å². The molecule has 34 heteroatoms. The number of aryl methyl sites for hydroxylation is 4. The number of hydrogen-bond donors (Lipinski definition) is 7. The van der Waals surface area contributed by atoms with Crippen LogP contribution in [0.2, 0.25) is 0 Å². The smallest absolute Gasteiger partial charge is 0.315 e. The van der Waals surface area contributed by atoms with Gasteiger partial charge in [-0.15, -0.1) is 18.9 Å². The molecule has 1 atom stereocenters. The predicted octanol–water partition coefficient (Wildman–Crippen LogP) is 11.0. The molecule has 1 aliphatic rings. The van der Waals surface area contributed by atoms with Gasteiger partial charge in [-0.2, -0.15) is 25.3 Å². The molecule has 0 spiro atoms. The van der Waals surface area contributed by atoms with Crippen LogP contribution < -0.4 is 29.6 Å². The van der Waals surface area contributed by atoms with Crippen molar-refractivity contribution in [2.45, 2.75) is 122 Å². The molecule has 0 amide bonds. The van der Waals surface area contributed by atoms with E-state index in [2.05, 4.69) is 56.3 Å². The van der Waals surface area contributed by atoms with Crippen molar-refractivity contribution >= 4 is 168 Å². The second kappa shape index (κ2) is 27.6. The largest absolute Gasteiger partial charge is 0.375 e. The van der Waals surface area contributed by atoms with Gasteiger partial charge in [-0.25, -0.2) is 19.6 Å². The van der Waals surface area contributed by atoms with E-state index in [-0.39, 0.29) is 26.6 Å². The van der Waals surface area contributed by atoms with E-state index >= 15 is 0 Å². The number of rotatable bonds is 19. The minimum Gasteiger partial charge on any atom is -0.315 e. The van der Waals surface area contributed by atoms with E-state index in [0.29, 0.717) is 33.9 Å². The van der Waals surface area contributed by atoms with Crippen molar-refractivity contribution in [3.8, 4) is 0 Å². The van der Waals surface area contributed by atoms with Gasteiger partial charge in [0.05, 0.1) is 86.7 Å². The highest BCUT2D eigenvalue weighted by Gasteiger charge is 2.30. The first kappa shape index (κ1) is 64.1. The van der Waals surface area contributed by atoms with E-state index in [1.54, 1.807) is 29.5 Å². The van der Waals surface area contributed by atoms with Crippen LogP contribution in [0.3, 0.4) is 0 Å². The van der Waals surface area contributed by atoms with Crippen LogP contribution in [0.5, 0.6) is 0 Å². The summed E-state index contributed by atoms with van der Waals surface area (Å²) in [6.07, 6.45) is 0.927. The lowest BCUT2D eigenvalue weighted by atomic mass is 9.98. The molecule has 0 radical (unpaired) electrons. The first-order valence-corrected chi connectivity index (χ1v) is 34.8. The number of fused-ring (bicyclic) bond motifs is 5. The zero-order valence-electron chi connectivity index (χ0n) is 44.9. The van der Waals surface area contributed by atoms with E-state index in [1.807, 2.05) is 91.6 Å². The molecule has 1 unspecified atom stereocenters. The van der Waals surface area contributed by atoms with Crippen LogP contribution in [0.1, 0.15) is 66.4 Å². The van der Waals surface area contributed by atoms with Gasteiger partial charge < -0.3 is 9.13 Å². The lowest BCUT2D eigenvalue weighted by Crippen LogP contribution is -2.38. The number of nitrogens with one attached hydrogen (secondary N) is 2. The highest BCUT2D eigenvalue weighted by molar-refractivity contribution is 8.14. The summed E-state index contributed by atoms with van der Waals surface area (Å²) >= 11 is 8.97. The van der Waals surface area contributed by atoms with Crippen molar-refractivity contribution in [2.24, 2.45) is 15.2 Å². The number of hydrazine groups is 1. The van der Waals surface area contributed by atoms with Gasteiger partial charge in [0.2, 0.25) is 9.60 Å². The third kappa shape index (κ3) is 15.0. The van der Waals surface area contributed by atoms with Crippen LogP contribution in [0.15, 0.2) is 136 Å². The molecular formula is C49H55N9O15S10+2. The molecule has 83 heavy (non-hydrogen) atoms. The summed E-state index contributed by atoms with van der Waals surface area (Å²) in [7, 11) is -12.7. The summed E-state index contributed by atoms with van der Waals surface area (Å²) < 4.78 is 116. The molecule has 5 aromatic carbocycles. The summed E-state index contributed by atoms with van der Waals surface area (Å²) in [5.41, 5.74) is 11.3. The van der Waals surface area contributed by atoms with Gasteiger partial charge in [0.1, 0.15) is 11.0 Å². The molecule has 0 saturated carbocycles. The zero-order chi connectivity index (χ0) is 60.0. The van der Waals surface area contributed by atoms with Crippen LogP contribution in [-0.4, -0.2) is 69.6 Å². The average Bonchev–Trinajstić information content (AvgIpc) is 4.28. The second-order valence-electron chi connectivity index (χ2n) is 17.7.